The Morgan fingerprint density at radius 1 is 1.03 bits per heavy atom. The smallest absolute Gasteiger partial charge is 0.350 e. The summed E-state index contributed by atoms with van der Waals surface area (Å²) in [6, 6.07) is 13.3. The number of nitrogens with zero attached hydrogens (tertiary/aromatic N) is 3. The summed E-state index contributed by atoms with van der Waals surface area (Å²) < 4.78 is 10.2. The molecule has 182 valence electrons. The first-order valence-electron chi connectivity index (χ1n) is 10.6. The first-order chi connectivity index (χ1) is 16.7. The molecule has 0 N–H and O–H groups in total. The molecule has 1 heterocycles. The van der Waals surface area contributed by atoms with Gasteiger partial charge in [0, 0.05) is 6.07 Å². The minimum atomic E-state index is -0.981. The summed E-state index contributed by atoms with van der Waals surface area (Å²) in [6.07, 6.45) is 0. The van der Waals surface area contributed by atoms with Gasteiger partial charge in [-0.05, 0) is 31.9 Å². The largest absolute Gasteiger partial charge is 0.462 e. The number of nitro benzene ring substituents is 1. The van der Waals surface area contributed by atoms with Crippen molar-refractivity contribution in [3.05, 3.63) is 85.9 Å². The number of thiazole rings is 1. The molecule has 0 atom stereocenters. The number of hydrogen-bond donors (Lipinski definition) is 0. The van der Waals surface area contributed by atoms with Gasteiger partial charge in [0.25, 0.3) is 11.6 Å². The van der Waals surface area contributed by atoms with Crippen molar-refractivity contribution in [3.63, 3.8) is 0 Å². The van der Waals surface area contributed by atoms with E-state index in [9.17, 15) is 24.5 Å². The van der Waals surface area contributed by atoms with Crippen molar-refractivity contribution in [2.24, 2.45) is 0 Å². The lowest BCUT2D eigenvalue weighted by Crippen LogP contribution is -2.34. The van der Waals surface area contributed by atoms with Crippen LogP contribution in [0.5, 0.6) is 0 Å². The number of esters is 2. The van der Waals surface area contributed by atoms with Gasteiger partial charge in [-0.15, -0.1) is 0 Å². The second-order valence-electron chi connectivity index (χ2n) is 7.40. The maximum atomic E-state index is 13.2. The summed E-state index contributed by atoms with van der Waals surface area (Å²) in [6.45, 7) is 4.49. The van der Waals surface area contributed by atoms with Crippen LogP contribution in [0.2, 0.25) is 0 Å². The van der Waals surface area contributed by atoms with Crippen LogP contribution in [-0.2, 0) is 20.8 Å². The zero-order valence-electron chi connectivity index (χ0n) is 19.3. The Balaban J connectivity index is 1.86. The third kappa shape index (κ3) is 6.07. The summed E-state index contributed by atoms with van der Waals surface area (Å²) in [5.41, 5.74) is 0.925. The van der Waals surface area contributed by atoms with Gasteiger partial charge < -0.3 is 9.47 Å². The van der Waals surface area contributed by atoms with E-state index in [4.69, 9.17) is 9.47 Å². The molecule has 3 rings (SSSR count). The number of hydrogen-bond acceptors (Lipinski definition) is 9. The average Bonchev–Trinajstić information content (AvgIpc) is 3.22. The van der Waals surface area contributed by atoms with Crippen LogP contribution in [0.1, 0.15) is 43.8 Å². The van der Waals surface area contributed by atoms with Gasteiger partial charge in [-0.2, -0.15) is 0 Å². The number of aryl methyl sites for hydroxylation is 2. The van der Waals surface area contributed by atoms with E-state index in [1.807, 2.05) is 30.3 Å². The van der Waals surface area contributed by atoms with Crippen LogP contribution in [0.3, 0.4) is 0 Å². The number of aromatic nitrogens is 1. The molecule has 0 aliphatic rings. The zero-order valence-corrected chi connectivity index (χ0v) is 20.2. The summed E-state index contributed by atoms with van der Waals surface area (Å²) in [5, 5.41) is 11.6. The van der Waals surface area contributed by atoms with Gasteiger partial charge in [0.15, 0.2) is 11.7 Å². The lowest BCUT2D eigenvalue weighted by molar-refractivity contribution is -0.385. The Morgan fingerprint density at radius 2 is 1.74 bits per heavy atom. The second kappa shape index (κ2) is 11.3. The standard InChI is InChI=1S/C24H23N3O7S/c1-4-33-23(30)21-16(3)25-24(35-21)26(13-17-10-6-5-7-11-17)19(28)14-34-22(29)20-15(2)9-8-12-18(20)27(31)32/h5-12H,4,13-14H2,1-3H3. The number of carbonyl (C=O) groups excluding carboxylic acids is 3. The van der Waals surface area contributed by atoms with Crippen molar-refractivity contribution < 1.29 is 28.8 Å². The number of amides is 1. The highest BCUT2D eigenvalue weighted by atomic mass is 32.1. The van der Waals surface area contributed by atoms with Crippen molar-refractivity contribution in [1.82, 2.24) is 4.98 Å². The van der Waals surface area contributed by atoms with E-state index >= 15 is 0 Å². The van der Waals surface area contributed by atoms with Crippen molar-refractivity contribution in [2.75, 3.05) is 18.1 Å². The maximum absolute atomic E-state index is 13.2. The van der Waals surface area contributed by atoms with Crippen molar-refractivity contribution in [2.45, 2.75) is 27.3 Å². The van der Waals surface area contributed by atoms with Crippen LogP contribution in [0, 0.1) is 24.0 Å². The van der Waals surface area contributed by atoms with E-state index in [1.54, 1.807) is 26.8 Å². The highest BCUT2D eigenvalue weighted by molar-refractivity contribution is 7.17. The molecule has 0 bridgehead atoms. The Morgan fingerprint density at radius 3 is 2.40 bits per heavy atom. The molecular formula is C24H23N3O7S. The van der Waals surface area contributed by atoms with Gasteiger partial charge in [0.2, 0.25) is 0 Å². The molecule has 0 aliphatic heterocycles. The predicted octanol–water partition coefficient (Wildman–Crippen LogP) is 4.24. The van der Waals surface area contributed by atoms with Crippen LogP contribution in [0.15, 0.2) is 48.5 Å². The maximum Gasteiger partial charge on any atom is 0.350 e. The third-order valence-electron chi connectivity index (χ3n) is 4.94. The molecule has 11 heteroatoms. The number of ether oxygens (including phenoxy) is 2. The fraction of sp³-hybridized carbons (Fsp3) is 0.250. The number of carbonyl (C=O) groups is 3. The first-order valence-corrected chi connectivity index (χ1v) is 11.4. The molecule has 1 aromatic heterocycles. The van der Waals surface area contributed by atoms with Crippen LogP contribution in [-0.4, -0.2) is 41.0 Å². The van der Waals surface area contributed by atoms with Crippen molar-refractivity contribution in [3.8, 4) is 0 Å². The van der Waals surface area contributed by atoms with Gasteiger partial charge in [-0.3, -0.25) is 19.8 Å². The quantitative estimate of drug-likeness (QED) is 0.244. The molecule has 2 aromatic carbocycles. The Labute approximate surface area is 205 Å². The fourth-order valence-corrected chi connectivity index (χ4v) is 4.24. The monoisotopic (exact) mass is 497 g/mol. The molecular weight excluding hydrogens is 474 g/mol. The molecule has 0 radical (unpaired) electrons. The third-order valence-corrected chi connectivity index (χ3v) is 6.10. The van der Waals surface area contributed by atoms with E-state index < -0.39 is 35.1 Å². The minimum absolute atomic E-state index is 0.108. The highest BCUT2D eigenvalue weighted by Gasteiger charge is 2.27. The van der Waals surface area contributed by atoms with Gasteiger partial charge in [0.1, 0.15) is 10.4 Å². The zero-order chi connectivity index (χ0) is 25.5. The lowest BCUT2D eigenvalue weighted by atomic mass is 10.1. The molecule has 0 saturated heterocycles. The number of anilines is 1. The summed E-state index contributed by atoms with van der Waals surface area (Å²) in [4.78, 5) is 54.6. The molecule has 0 spiro atoms. The molecule has 0 aliphatic carbocycles. The molecule has 0 fully saturated rings. The molecule has 0 saturated carbocycles. The van der Waals surface area contributed by atoms with Gasteiger partial charge in [-0.25, -0.2) is 14.6 Å². The van der Waals surface area contributed by atoms with Crippen LogP contribution >= 0.6 is 11.3 Å². The van der Waals surface area contributed by atoms with Crippen LogP contribution < -0.4 is 4.90 Å². The molecule has 1 amide bonds. The van der Waals surface area contributed by atoms with Crippen LogP contribution in [0.4, 0.5) is 10.8 Å². The predicted molar refractivity (Wildman–Crippen MR) is 129 cm³/mol. The van der Waals surface area contributed by atoms with Crippen LogP contribution in [0.25, 0.3) is 0 Å². The first kappa shape index (κ1) is 25.5. The lowest BCUT2D eigenvalue weighted by Gasteiger charge is -2.20. The fourth-order valence-electron chi connectivity index (χ4n) is 3.26. The molecule has 35 heavy (non-hydrogen) atoms. The van der Waals surface area contributed by atoms with E-state index in [-0.39, 0.29) is 28.7 Å². The molecule has 3 aromatic rings. The average molecular weight is 498 g/mol. The Hall–Kier alpha value is -4.12. The van der Waals surface area contributed by atoms with E-state index in [0.29, 0.717) is 11.3 Å². The number of benzene rings is 2. The summed E-state index contributed by atoms with van der Waals surface area (Å²) in [5.74, 6) is -2.13. The molecule has 0 unspecified atom stereocenters. The number of nitro groups is 1. The highest BCUT2D eigenvalue weighted by Crippen LogP contribution is 2.29. The molecule has 10 nitrogen and oxygen atoms in total. The minimum Gasteiger partial charge on any atom is -0.462 e. The van der Waals surface area contributed by atoms with Crippen molar-refractivity contribution in [1.29, 1.82) is 0 Å². The van der Waals surface area contributed by atoms with E-state index in [2.05, 4.69) is 4.98 Å². The normalized spacial score (nSPS) is 10.5. The summed E-state index contributed by atoms with van der Waals surface area (Å²) >= 11 is 0.992. The Kier molecular flexibility index (Phi) is 8.26. The van der Waals surface area contributed by atoms with Gasteiger partial charge in [-0.1, -0.05) is 53.8 Å². The van der Waals surface area contributed by atoms with Crippen molar-refractivity contribution >= 4 is 40.0 Å². The Bertz CT molecular complexity index is 1260. The number of rotatable bonds is 9. The van der Waals surface area contributed by atoms with Gasteiger partial charge >= 0.3 is 11.9 Å². The van der Waals surface area contributed by atoms with E-state index in [0.717, 1.165) is 16.9 Å². The summed E-state index contributed by atoms with van der Waals surface area (Å²) in [7, 11) is 0. The second-order valence-corrected chi connectivity index (χ2v) is 8.38. The SMILES string of the molecule is CCOC(=O)c1sc(N(Cc2ccccc2)C(=O)COC(=O)c2c(C)cccc2[N+](=O)[O-])nc1C. The van der Waals surface area contributed by atoms with E-state index in [1.165, 1.54) is 17.0 Å². The topological polar surface area (TPSA) is 129 Å². The van der Waals surface area contributed by atoms with Gasteiger partial charge in [0.05, 0.1) is 23.8 Å².